The highest BCUT2D eigenvalue weighted by Crippen LogP contribution is 2.13. The zero-order valence-electron chi connectivity index (χ0n) is 9.41. The fraction of sp³-hybridized carbons (Fsp3) is 0.231. The number of aliphatic hydroxyl groups is 1. The van der Waals surface area contributed by atoms with Crippen LogP contribution in [0.5, 0.6) is 0 Å². The Morgan fingerprint density at radius 1 is 1.12 bits per heavy atom. The van der Waals surface area contributed by atoms with Gasteiger partial charge in [0.15, 0.2) is 0 Å². The minimum absolute atomic E-state index is 0.0592. The van der Waals surface area contributed by atoms with E-state index in [1.807, 2.05) is 30.3 Å². The van der Waals surface area contributed by atoms with Crippen molar-refractivity contribution >= 4 is 0 Å². The predicted molar refractivity (Wildman–Crippen MR) is 65.6 cm³/mol. The summed E-state index contributed by atoms with van der Waals surface area (Å²) in [5, 5.41) is 13.0. The molecule has 17 heavy (non-hydrogen) atoms. The summed E-state index contributed by atoms with van der Waals surface area (Å²) in [5.74, 6) is 0. The molecule has 0 aliphatic carbocycles. The Morgan fingerprint density at radius 3 is 2.59 bits per heavy atom. The third kappa shape index (κ3) is 2.79. The van der Waals surface area contributed by atoms with Crippen LogP contribution in [0.3, 0.4) is 0 Å². The number of hydrogen-bond donors (Lipinski definition) is 1. The van der Waals surface area contributed by atoms with Gasteiger partial charge in [0.05, 0.1) is 5.69 Å². The maximum atomic E-state index is 11.5. The first-order valence-corrected chi connectivity index (χ1v) is 5.56. The highest BCUT2D eigenvalue weighted by molar-refractivity contribution is 5.57. The molecule has 0 bridgehead atoms. The Morgan fingerprint density at radius 2 is 1.88 bits per heavy atom. The third-order valence-electron chi connectivity index (χ3n) is 2.46. The van der Waals surface area contributed by atoms with Crippen molar-refractivity contribution in [2.45, 2.75) is 13.0 Å². The molecule has 0 aliphatic heterocycles. The summed E-state index contributed by atoms with van der Waals surface area (Å²) >= 11 is 0. The van der Waals surface area contributed by atoms with Crippen molar-refractivity contribution in [3.05, 3.63) is 52.8 Å². The minimum atomic E-state index is -0.141. The van der Waals surface area contributed by atoms with Crippen LogP contribution in [-0.2, 0) is 6.54 Å². The molecule has 4 heteroatoms. The second-order valence-electron chi connectivity index (χ2n) is 3.72. The van der Waals surface area contributed by atoms with Gasteiger partial charge in [0.25, 0.3) is 5.56 Å². The van der Waals surface area contributed by atoms with Gasteiger partial charge >= 0.3 is 0 Å². The monoisotopic (exact) mass is 230 g/mol. The van der Waals surface area contributed by atoms with Gasteiger partial charge in [-0.2, -0.15) is 5.10 Å². The summed E-state index contributed by atoms with van der Waals surface area (Å²) in [4.78, 5) is 11.5. The van der Waals surface area contributed by atoms with Gasteiger partial charge in [-0.15, -0.1) is 0 Å². The molecule has 2 aromatic rings. The fourth-order valence-corrected chi connectivity index (χ4v) is 1.59. The van der Waals surface area contributed by atoms with Crippen LogP contribution in [0, 0.1) is 0 Å². The third-order valence-corrected chi connectivity index (χ3v) is 2.46. The van der Waals surface area contributed by atoms with Crippen LogP contribution in [0.1, 0.15) is 6.42 Å². The van der Waals surface area contributed by atoms with Gasteiger partial charge in [-0.1, -0.05) is 30.3 Å². The van der Waals surface area contributed by atoms with Crippen LogP contribution in [0.25, 0.3) is 11.3 Å². The van der Waals surface area contributed by atoms with Gasteiger partial charge in [-0.3, -0.25) is 4.79 Å². The summed E-state index contributed by atoms with van der Waals surface area (Å²) in [6.45, 7) is 0.500. The topological polar surface area (TPSA) is 55.1 Å². The van der Waals surface area contributed by atoms with Crippen molar-refractivity contribution in [1.82, 2.24) is 9.78 Å². The van der Waals surface area contributed by atoms with Crippen LogP contribution >= 0.6 is 0 Å². The molecule has 0 unspecified atom stereocenters. The molecular weight excluding hydrogens is 216 g/mol. The Hall–Kier alpha value is -1.94. The number of benzene rings is 1. The normalized spacial score (nSPS) is 10.4. The van der Waals surface area contributed by atoms with Gasteiger partial charge in [0, 0.05) is 24.8 Å². The Bertz CT molecular complexity index is 535. The molecule has 4 nitrogen and oxygen atoms in total. The van der Waals surface area contributed by atoms with E-state index in [0.717, 1.165) is 11.3 Å². The molecule has 0 aliphatic rings. The highest BCUT2D eigenvalue weighted by Gasteiger charge is 2.02. The molecule has 0 spiro atoms. The lowest BCUT2D eigenvalue weighted by Gasteiger charge is -2.05. The van der Waals surface area contributed by atoms with E-state index in [1.165, 1.54) is 10.7 Å². The van der Waals surface area contributed by atoms with E-state index < -0.39 is 0 Å². The number of hydrogen-bond acceptors (Lipinski definition) is 3. The molecule has 0 radical (unpaired) electrons. The number of aromatic nitrogens is 2. The molecule has 2 rings (SSSR count). The van der Waals surface area contributed by atoms with Crippen LogP contribution < -0.4 is 5.56 Å². The summed E-state index contributed by atoms with van der Waals surface area (Å²) < 4.78 is 1.39. The van der Waals surface area contributed by atoms with E-state index in [-0.39, 0.29) is 12.2 Å². The minimum Gasteiger partial charge on any atom is -0.396 e. The first-order chi connectivity index (χ1) is 8.31. The van der Waals surface area contributed by atoms with Crippen LogP contribution in [-0.4, -0.2) is 21.5 Å². The molecule has 1 aromatic heterocycles. The molecule has 0 saturated carbocycles. The molecule has 0 fully saturated rings. The quantitative estimate of drug-likeness (QED) is 0.861. The molecule has 0 atom stereocenters. The smallest absolute Gasteiger partial charge is 0.266 e. The van der Waals surface area contributed by atoms with Crippen LogP contribution in [0.2, 0.25) is 0 Å². The van der Waals surface area contributed by atoms with Crippen molar-refractivity contribution in [2.24, 2.45) is 0 Å². The summed E-state index contributed by atoms with van der Waals surface area (Å²) in [6.07, 6.45) is 0.533. The maximum absolute atomic E-state index is 11.5. The second-order valence-corrected chi connectivity index (χ2v) is 3.72. The Balaban J connectivity index is 2.34. The lowest BCUT2D eigenvalue weighted by molar-refractivity contribution is 0.275. The average Bonchev–Trinajstić information content (AvgIpc) is 2.39. The number of nitrogens with zero attached hydrogens (tertiary/aromatic N) is 2. The zero-order valence-corrected chi connectivity index (χ0v) is 9.41. The van der Waals surface area contributed by atoms with Gasteiger partial charge in [-0.25, -0.2) is 4.68 Å². The van der Waals surface area contributed by atoms with Gasteiger partial charge < -0.3 is 5.11 Å². The van der Waals surface area contributed by atoms with E-state index in [0.29, 0.717) is 13.0 Å². The number of rotatable bonds is 4. The molecule has 0 amide bonds. The predicted octanol–water partition coefficient (Wildman–Crippen LogP) is 1.29. The number of aryl methyl sites for hydroxylation is 1. The Labute approximate surface area is 99.2 Å². The molecule has 88 valence electrons. The van der Waals surface area contributed by atoms with Crippen molar-refractivity contribution in [3.63, 3.8) is 0 Å². The van der Waals surface area contributed by atoms with E-state index in [2.05, 4.69) is 5.10 Å². The van der Waals surface area contributed by atoms with E-state index in [4.69, 9.17) is 5.11 Å². The average molecular weight is 230 g/mol. The zero-order chi connectivity index (χ0) is 12.1. The second kappa shape index (κ2) is 5.41. The SMILES string of the molecule is O=c1ccc(-c2ccccc2)nn1CCCO. The van der Waals surface area contributed by atoms with Crippen LogP contribution in [0.15, 0.2) is 47.3 Å². The first-order valence-electron chi connectivity index (χ1n) is 5.56. The first kappa shape index (κ1) is 11.5. The highest BCUT2D eigenvalue weighted by atomic mass is 16.3. The summed E-state index contributed by atoms with van der Waals surface area (Å²) in [6, 6.07) is 12.9. The lowest BCUT2D eigenvalue weighted by Crippen LogP contribution is -2.22. The van der Waals surface area contributed by atoms with E-state index in [1.54, 1.807) is 6.07 Å². The molecular formula is C13H14N2O2. The molecule has 0 saturated heterocycles. The molecule has 1 heterocycles. The maximum Gasteiger partial charge on any atom is 0.266 e. The van der Waals surface area contributed by atoms with E-state index in [9.17, 15) is 4.79 Å². The summed E-state index contributed by atoms with van der Waals surface area (Å²) in [7, 11) is 0. The van der Waals surface area contributed by atoms with Gasteiger partial charge in [0.1, 0.15) is 0 Å². The van der Waals surface area contributed by atoms with Crippen molar-refractivity contribution < 1.29 is 5.11 Å². The lowest BCUT2D eigenvalue weighted by atomic mass is 10.1. The van der Waals surface area contributed by atoms with Crippen molar-refractivity contribution in [2.75, 3.05) is 6.61 Å². The largest absolute Gasteiger partial charge is 0.396 e. The summed E-state index contributed by atoms with van der Waals surface area (Å²) in [5.41, 5.74) is 1.60. The Kier molecular flexibility index (Phi) is 3.67. The fourth-order valence-electron chi connectivity index (χ4n) is 1.59. The molecule has 1 N–H and O–H groups in total. The molecule has 1 aromatic carbocycles. The standard InChI is InChI=1S/C13H14N2O2/c16-10-4-9-15-13(17)8-7-12(14-15)11-5-2-1-3-6-11/h1-3,5-8,16H,4,9-10H2. The van der Waals surface area contributed by atoms with Crippen molar-refractivity contribution in [3.8, 4) is 11.3 Å². The van der Waals surface area contributed by atoms with Gasteiger partial charge in [0.2, 0.25) is 0 Å². The van der Waals surface area contributed by atoms with E-state index >= 15 is 0 Å². The number of aliphatic hydroxyl groups excluding tert-OH is 1. The van der Waals surface area contributed by atoms with Crippen LogP contribution in [0.4, 0.5) is 0 Å². The van der Waals surface area contributed by atoms with Crippen molar-refractivity contribution in [1.29, 1.82) is 0 Å². The van der Waals surface area contributed by atoms with Gasteiger partial charge in [-0.05, 0) is 12.5 Å².